The van der Waals surface area contributed by atoms with E-state index in [1.54, 1.807) is 0 Å². The molecule has 1 unspecified atom stereocenters. The first-order chi connectivity index (χ1) is 9.74. The van der Waals surface area contributed by atoms with Crippen LogP contribution in [-0.2, 0) is 19.9 Å². The number of nitrogens with two attached hydrogens (primary N) is 1. The van der Waals surface area contributed by atoms with E-state index in [4.69, 9.17) is 5.73 Å². The third kappa shape index (κ3) is 2.58. The zero-order valence-corrected chi connectivity index (χ0v) is 11.7. The van der Waals surface area contributed by atoms with Crippen LogP contribution in [0.3, 0.4) is 0 Å². The van der Waals surface area contributed by atoms with E-state index in [0.29, 0.717) is 0 Å². The molecule has 3 aromatic rings. The zero-order chi connectivity index (χ0) is 13.9. The molecule has 1 atom stereocenters. The molecule has 0 saturated carbocycles. The van der Waals surface area contributed by atoms with Gasteiger partial charge in [0, 0.05) is 24.9 Å². The fourth-order valence-corrected chi connectivity index (χ4v) is 2.68. The molecule has 102 valence electrons. The van der Waals surface area contributed by atoms with Gasteiger partial charge in [0.25, 0.3) is 0 Å². The first-order valence-electron chi connectivity index (χ1n) is 6.94. The molecule has 1 aromatic heterocycles. The van der Waals surface area contributed by atoms with Gasteiger partial charge < -0.3 is 5.73 Å². The second-order valence-electron chi connectivity index (χ2n) is 5.24. The van der Waals surface area contributed by atoms with Crippen molar-refractivity contribution >= 4 is 10.9 Å². The van der Waals surface area contributed by atoms with E-state index in [-0.39, 0.29) is 6.04 Å². The highest BCUT2D eigenvalue weighted by Crippen LogP contribution is 2.19. The van der Waals surface area contributed by atoms with E-state index in [1.807, 2.05) is 23.9 Å². The van der Waals surface area contributed by atoms with Crippen molar-refractivity contribution in [2.24, 2.45) is 12.8 Å². The minimum Gasteiger partial charge on any atom is -0.327 e. The second kappa shape index (κ2) is 5.47. The lowest BCUT2D eigenvalue weighted by Gasteiger charge is -2.10. The van der Waals surface area contributed by atoms with Crippen molar-refractivity contribution in [3.8, 4) is 0 Å². The molecule has 0 amide bonds. The Morgan fingerprint density at radius 1 is 1.00 bits per heavy atom. The largest absolute Gasteiger partial charge is 0.327 e. The van der Waals surface area contributed by atoms with E-state index in [2.05, 4.69) is 47.6 Å². The van der Waals surface area contributed by atoms with Crippen LogP contribution < -0.4 is 5.73 Å². The first kappa shape index (κ1) is 12.9. The minimum absolute atomic E-state index is 0.0932. The Hall–Kier alpha value is -2.13. The summed E-state index contributed by atoms with van der Waals surface area (Å²) in [6.07, 6.45) is 1.68. The maximum Gasteiger partial charge on any atom is 0.0718 e. The fourth-order valence-electron chi connectivity index (χ4n) is 2.68. The normalized spacial score (nSPS) is 12.7. The molecule has 0 fully saturated rings. The van der Waals surface area contributed by atoms with Gasteiger partial charge >= 0.3 is 0 Å². The number of fused-ring (bicyclic) bond motifs is 1. The van der Waals surface area contributed by atoms with Crippen LogP contribution in [0.2, 0.25) is 0 Å². The van der Waals surface area contributed by atoms with Crippen molar-refractivity contribution in [1.29, 1.82) is 0 Å². The maximum atomic E-state index is 6.29. The Bertz CT molecular complexity index is 701. The van der Waals surface area contributed by atoms with Gasteiger partial charge in [0.15, 0.2) is 0 Å². The molecule has 20 heavy (non-hydrogen) atoms. The fraction of sp³-hybridized carbons (Fsp3) is 0.235. The van der Waals surface area contributed by atoms with Crippen LogP contribution in [-0.4, -0.2) is 15.8 Å². The van der Waals surface area contributed by atoms with Crippen molar-refractivity contribution in [2.45, 2.75) is 18.9 Å². The quantitative estimate of drug-likeness (QED) is 0.788. The summed E-state index contributed by atoms with van der Waals surface area (Å²) in [4.78, 5) is 0. The van der Waals surface area contributed by atoms with Crippen molar-refractivity contribution in [3.63, 3.8) is 0 Å². The topological polar surface area (TPSA) is 43.8 Å². The Balaban J connectivity index is 1.79. The number of nitrogens with zero attached hydrogens (tertiary/aromatic N) is 2. The molecule has 0 bridgehead atoms. The third-order valence-electron chi connectivity index (χ3n) is 3.63. The Labute approximate surface area is 119 Å². The lowest BCUT2D eigenvalue weighted by atomic mass is 10.0. The summed E-state index contributed by atoms with van der Waals surface area (Å²) in [5.41, 5.74) is 9.82. The molecule has 2 N–H and O–H groups in total. The number of hydrogen-bond donors (Lipinski definition) is 1. The molecule has 0 spiro atoms. The first-order valence-corrected chi connectivity index (χ1v) is 6.94. The lowest BCUT2D eigenvalue weighted by Crippen LogP contribution is -2.25. The summed E-state index contributed by atoms with van der Waals surface area (Å²) in [5, 5.41) is 5.81. The summed E-state index contributed by atoms with van der Waals surface area (Å²) < 4.78 is 1.93. The predicted molar refractivity (Wildman–Crippen MR) is 82.5 cm³/mol. The van der Waals surface area contributed by atoms with Gasteiger partial charge in [0.2, 0.25) is 0 Å². The van der Waals surface area contributed by atoms with Crippen LogP contribution in [0, 0.1) is 0 Å². The minimum atomic E-state index is 0.0932. The number of rotatable bonds is 4. The van der Waals surface area contributed by atoms with Crippen LogP contribution >= 0.6 is 0 Å². The monoisotopic (exact) mass is 265 g/mol. The van der Waals surface area contributed by atoms with Gasteiger partial charge in [-0.15, -0.1) is 0 Å². The van der Waals surface area contributed by atoms with E-state index >= 15 is 0 Å². The second-order valence-corrected chi connectivity index (χ2v) is 5.24. The molecule has 3 nitrogen and oxygen atoms in total. The SMILES string of the molecule is Cn1nc(CC(N)Cc2ccccc2)c2ccccc21. The maximum absolute atomic E-state index is 6.29. The molecule has 0 aliphatic rings. The number of benzene rings is 2. The molecule has 0 radical (unpaired) electrons. The van der Waals surface area contributed by atoms with E-state index in [0.717, 1.165) is 24.1 Å². The highest BCUT2D eigenvalue weighted by atomic mass is 15.3. The lowest BCUT2D eigenvalue weighted by molar-refractivity contribution is 0.642. The van der Waals surface area contributed by atoms with E-state index in [9.17, 15) is 0 Å². The molecule has 0 aliphatic carbocycles. The van der Waals surface area contributed by atoms with Gasteiger partial charge in [-0.3, -0.25) is 4.68 Å². The molecule has 2 aromatic carbocycles. The van der Waals surface area contributed by atoms with Crippen molar-refractivity contribution in [1.82, 2.24) is 9.78 Å². The van der Waals surface area contributed by atoms with Crippen molar-refractivity contribution < 1.29 is 0 Å². The molecular weight excluding hydrogens is 246 g/mol. The Kier molecular flexibility index (Phi) is 3.52. The van der Waals surface area contributed by atoms with Crippen molar-refractivity contribution in [3.05, 3.63) is 65.9 Å². The average molecular weight is 265 g/mol. The summed E-state index contributed by atoms with van der Waals surface area (Å²) in [5.74, 6) is 0. The summed E-state index contributed by atoms with van der Waals surface area (Å²) in [7, 11) is 1.98. The number of hydrogen-bond acceptors (Lipinski definition) is 2. The average Bonchev–Trinajstić information content (AvgIpc) is 2.77. The molecule has 3 rings (SSSR count). The molecule has 0 aliphatic heterocycles. The van der Waals surface area contributed by atoms with Crippen LogP contribution in [0.5, 0.6) is 0 Å². The summed E-state index contributed by atoms with van der Waals surface area (Å²) >= 11 is 0. The van der Waals surface area contributed by atoms with Crippen LogP contribution in [0.1, 0.15) is 11.3 Å². The molecule has 1 heterocycles. The highest BCUT2D eigenvalue weighted by Gasteiger charge is 2.12. The zero-order valence-electron chi connectivity index (χ0n) is 11.7. The van der Waals surface area contributed by atoms with E-state index < -0.39 is 0 Å². The molecule has 3 heteroatoms. The van der Waals surface area contributed by atoms with Crippen molar-refractivity contribution in [2.75, 3.05) is 0 Å². The Morgan fingerprint density at radius 2 is 1.70 bits per heavy atom. The summed E-state index contributed by atoms with van der Waals surface area (Å²) in [6.45, 7) is 0. The van der Waals surface area contributed by atoms with Gasteiger partial charge in [-0.2, -0.15) is 5.10 Å². The van der Waals surface area contributed by atoms with Gasteiger partial charge in [0.05, 0.1) is 11.2 Å². The van der Waals surface area contributed by atoms with Gasteiger partial charge in [-0.05, 0) is 18.1 Å². The summed E-state index contributed by atoms with van der Waals surface area (Å²) in [6, 6.07) is 18.8. The van der Waals surface area contributed by atoms with Gasteiger partial charge in [-0.25, -0.2) is 0 Å². The third-order valence-corrected chi connectivity index (χ3v) is 3.63. The van der Waals surface area contributed by atoms with Crippen LogP contribution in [0.25, 0.3) is 10.9 Å². The standard InChI is InChI=1S/C17H19N3/c1-20-17-10-6-5-9-15(17)16(19-20)12-14(18)11-13-7-3-2-4-8-13/h2-10,14H,11-12,18H2,1H3. The Morgan fingerprint density at radius 3 is 2.50 bits per heavy atom. The van der Waals surface area contributed by atoms with Gasteiger partial charge in [-0.1, -0.05) is 48.5 Å². The highest BCUT2D eigenvalue weighted by molar-refractivity contribution is 5.81. The predicted octanol–water partition coefficient (Wildman–Crippen LogP) is 2.69. The number of para-hydroxylation sites is 1. The van der Waals surface area contributed by atoms with E-state index in [1.165, 1.54) is 10.9 Å². The van der Waals surface area contributed by atoms with Crippen LogP contribution in [0.15, 0.2) is 54.6 Å². The molecular formula is C17H19N3. The molecule has 0 saturated heterocycles. The van der Waals surface area contributed by atoms with Gasteiger partial charge in [0.1, 0.15) is 0 Å². The number of aryl methyl sites for hydroxylation is 1. The smallest absolute Gasteiger partial charge is 0.0718 e. The number of aromatic nitrogens is 2. The van der Waals surface area contributed by atoms with Crippen LogP contribution in [0.4, 0.5) is 0 Å².